The van der Waals surface area contributed by atoms with Crippen molar-refractivity contribution in [3.05, 3.63) is 83.8 Å². The lowest BCUT2D eigenvalue weighted by molar-refractivity contribution is 1.03. The number of aromatic amines is 2. The van der Waals surface area contributed by atoms with Gasteiger partial charge >= 0.3 is 0 Å². The summed E-state index contributed by atoms with van der Waals surface area (Å²) in [7, 11) is 0. The highest BCUT2D eigenvalue weighted by atomic mass is 15.1. The summed E-state index contributed by atoms with van der Waals surface area (Å²) in [6.07, 6.45) is 5.70. The highest BCUT2D eigenvalue weighted by Crippen LogP contribution is 2.21. The molecule has 3 aromatic heterocycles. The number of nitrogens with zero attached hydrogens (tertiary/aromatic N) is 2. The van der Waals surface area contributed by atoms with E-state index in [1.54, 1.807) is 6.20 Å². The minimum Gasteiger partial charge on any atom is -0.366 e. The second kappa shape index (κ2) is 7.31. The fraction of sp³-hybridized carbons (Fsp3) is 0.130. The van der Waals surface area contributed by atoms with Gasteiger partial charge in [-0.1, -0.05) is 12.1 Å². The number of fused-ring (bicyclic) bond motifs is 2. The first-order valence-electron chi connectivity index (χ1n) is 9.69. The summed E-state index contributed by atoms with van der Waals surface area (Å²) in [4.78, 5) is 15.4. The van der Waals surface area contributed by atoms with Crippen molar-refractivity contribution < 1.29 is 0 Å². The maximum Gasteiger partial charge on any atom is 0.224 e. The largest absolute Gasteiger partial charge is 0.366 e. The predicted molar refractivity (Wildman–Crippen MR) is 118 cm³/mol. The fourth-order valence-corrected chi connectivity index (χ4v) is 3.64. The van der Waals surface area contributed by atoms with Crippen molar-refractivity contribution >= 4 is 33.6 Å². The molecule has 5 rings (SSSR count). The molecule has 0 atom stereocenters. The molecule has 4 N–H and O–H groups in total. The first-order chi connectivity index (χ1) is 14.3. The molecule has 0 saturated carbocycles. The van der Waals surface area contributed by atoms with Crippen LogP contribution in [0.15, 0.2) is 67.1 Å². The van der Waals surface area contributed by atoms with Gasteiger partial charge in [0.15, 0.2) is 0 Å². The summed E-state index contributed by atoms with van der Waals surface area (Å²) in [6, 6.07) is 16.7. The third kappa shape index (κ3) is 3.52. The summed E-state index contributed by atoms with van der Waals surface area (Å²) < 4.78 is 0. The number of hydrogen-bond donors (Lipinski definition) is 4. The standard InChI is InChI=1S/C23H22N6/c1-15-18(3-5-21-19(15)7-10-25-21)14-28-23-26-11-8-22(29-23)27-13-16-2-4-20-17(12-16)6-9-24-20/h2-12,24-25H,13-14H2,1H3,(H2,26,27,28,29). The van der Waals surface area contributed by atoms with Crippen LogP contribution in [0.2, 0.25) is 0 Å². The van der Waals surface area contributed by atoms with Crippen LogP contribution >= 0.6 is 0 Å². The number of benzene rings is 2. The van der Waals surface area contributed by atoms with Crippen LogP contribution in [0.25, 0.3) is 21.8 Å². The van der Waals surface area contributed by atoms with Gasteiger partial charge in [-0.05, 0) is 65.4 Å². The zero-order valence-corrected chi connectivity index (χ0v) is 16.2. The van der Waals surface area contributed by atoms with E-state index in [1.807, 2.05) is 18.5 Å². The topological polar surface area (TPSA) is 81.4 Å². The van der Waals surface area contributed by atoms with Gasteiger partial charge in [0, 0.05) is 48.1 Å². The molecular weight excluding hydrogens is 360 g/mol. The first kappa shape index (κ1) is 17.3. The van der Waals surface area contributed by atoms with E-state index in [9.17, 15) is 0 Å². The smallest absolute Gasteiger partial charge is 0.224 e. The molecule has 0 unspecified atom stereocenters. The highest BCUT2D eigenvalue weighted by Gasteiger charge is 2.06. The highest BCUT2D eigenvalue weighted by molar-refractivity contribution is 5.84. The zero-order chi connectivity index (χ0) is 19.6. The van der Waals surface area contributed by atoms with Crippen LogP contribution in [0.4, 0.5) is 11.8 Å². The van der Waals surface area contributed by atoms with Gasteiger partial charge in [-0.15, -0.1) is 0 Å². The molecule has 0 radical (unpaired) electrons. The van der Waals surface area contributed by atoms with Crippen LogP contribution in [-0.2, 0) is 13.1 Å². The molecule has 0 aliphatic rings. The number of nitrogens with one attached hydrogen (secondary N) is 4. The van der Waals surface area contributed by atoms with Gasteiger partial charge in [-0.25, -0.2) is 4.98 Å². The lowest BCUT2D eigenvalue weighted by Gasteiger charge is -2.11. The Morgan fingerprint density at radius 2 is 1.72 bits per heavy atom. The molecule has 0 fully saturated rings. The number of aromatic nitrogens is 4. The van der Waals surface area contributed by atoms with E-state index in [4.69, 9.17) is 0 Å². The lowest BCUT2D eigenvalue weighted by atomic mass is 10.0. The number of H-pyrrole nitrogens is 2. The molecule has 144 valence electrons. The Kier molecular flexibility index (Phi) is 4.37. The van der Waals surface area contributed by atoms with Crippen molar-refractivity contribution in [3.8, 4) is 0 Å². The van der Waals surface area contributed by atoms with Gasteiger partial charge in [0.25, 0.3) is 0 Å². The molecule has 0 spiro atoms. The van der Waals surface area contributed by atoms with E-state index >= 15 is 0 Å². The van der Waals surface area contributed by atoms with Crippen LogP contribution in [0.5, 0.6) is 0 Å². The Morgan fingerprint density at radius 1 is 0.862 bits per heavy atom. The molecular formula is C23H22N6. The third-order valence-corrected chi connectivity index (χ3v) is 5.30. The predicted octanol–water partition coefficient (Wildman–Crippen LogP) is 4.97. The Morgan fingerprint density at radius 3 is 2.69 bits per heavy atom. The third-order valence-electron chi connectivity index (χ3n) is 5.30. The summed E-state index contributed by atoms with van der Waals surface area (Å²) >= 11 is 0. The molecule has 3 heterocycles. The monoisotopic (exact) mass is 382 g/mol. The zero-order valence-electron chi connectivity index (χ0n) is 16.2. The van der Waals surface area contributed by atoms with Gasteiger partial charge in [0.2, 0.25) is 5.95 Å². The fourth-order valence-electron chi connectivity index (χ4n) is 3.64. The molecule has 6 nitrogen and oxygen atoms in total. The number of hydrogen-bond acceptors (Lipinski definition) is 4. The molecule has 0 aliphatic carbocycles. The van der Waals surface area contributed by atoms with Gasteiger partial charge in [-0.3, -0.25) is 0 Å². The second-order valence-corrected chi connectivity index (χ2v) is 7.16. The molecule has 0 aliphatic heterocycles. The van der Waals surface area contributed by atoms with Crippen LogP contribution in [-0.4, -0.2) is 19.9 Å². The van der Waals surface area contributed by atoms with Gasteiger partial charge in [0.1, 0.15) is 5.82 Å². The Bertz CT molecular complexity index is 1280. The van der Waals surface area contributed by atoms with Crippen LogP contribution < -0.4 is 10.6 Å². The van der Waals surface area contributed by atoms with Crippen molar-refractivity contribution in [1.82, 2.24) is 19.9 Å². The van der Waals surface area contributed by atoms with E-state index < -0.39 is 0 Å². The molecule has 29 heavy (non-hydrogen) atoms. The van der Waals surface area contributed by atoms with Crippen LogP contribution in [0.1, 0.15) is 16.7 Å². The molecule has 6 heteroatoms. The lowest BCUT2D eigenvalue weighted by Crippen LogP contribution is -2.07. The minimum atomic E-state index is 0.615. The van der Waals surface area contributed by atoms with Gasteiger partial charge in [0.05, 0.1) is 0 Å². The van der Waals surface area contributed by atoms with E-state index in [0.29, 0.717) is 19.0 Å². The number of rotatable bonds is 6. The summed E-state index contributed by atoms with van der Waals surface area (Å²) in [5, 5.41) is 9.19. The van der Waals surface area contributed by atoms with E-state index in [1.165, 1.54) is 27.5 Å². The first-order valence-corrected chi connectivity index (χ1v) is 9.69. The summed E-state index contributed by atoms with van der Waals surface area (Å²) in [5.41, 5.74) is 6.02. The Hall–Kier alpha value is -3.80. The van der Waals surface area contributed by atoms with Crippen molar-refractivity contribution in [3.63, 3.8) is 0 Å². The summed E-state index contributed by atoms with van der Waals surface area (Å²) in [5.74, 6) is 1.42. The molecule has 5 aromatic rings. The average molecular weight is 382 g/mol. The Labute approximate surface area is 168 Å². The molecule has 0 amide bonds. The minimum absolute atomic E-state index is 0.615. The second-order valence-electron chi connectivity index (χ2n) is 7.16. The Balaban J connectivity index is 1.26. The van der Waals surface area contributed by atoms with E-state index in [0.717, 1.165) is 16.9 Å². The average Bonchev–Trinajstić information content (AvgIpc) is 3.41. The SMILES string of the molecule is Cc1c(CNc2nccc(NCc3ccc4[nH]ccc4c3)n2)ccc2[nH]ccc12. The van der Waals surface area contributed by atoms with E-state index in [2.05, 4.69) is 80.0 Å². The number of aryl methyl sites for hydroxylation is 1. The number of anilines is 2. The van der Waals surface area contributed by atoms with E-state index in [-0.39, 0.29) is 0 Å². The maximum atomic E-state index is 4.59. The van der Waals surface area contributed by atoms with Crippen LogP contribution in [0.3, 0.4) is 0 Å². The van der Waals surface area contributed by atoms with Crippen molar-refractivity contribution in [2.45, 2.75) is 20.0 Å². The van der Waals surface area contributed by atoms with Crippen molar-refractivity contribution in [2.75, 3.05) is 10.6 Å². The van der Waals surface area contributed by atoms with Gasteiger partial charge < -0.3 is 20.6 Å². The van der Waals surface area contributed by atoms with Crippen LogP contribution in [0, 0.1) is 6.92 Å². The molecule has 0 bridgehead atoms. The van der Waals surface area contributed by atoms with Gasteiger partial charge in [-0.2, -0.15) is 4.98 Å². The molecule has 0 saturated heterocycles. The maximum absolute atomic E-state index is 4.59. The van der Waals surface area contributed by atoms with Crippen molar-refractivity contribution in [1.29, 1.82) is 0 Å². The normalized spacial score (nSPS) is 11.2. The summed E-state index contributed by atoms with van der Waals surface area (Å²) in [6.45, 7) is 3.54. The molecule has 2 aromatic carbocycles. The van der Waals surface area contributed by atoms with Crippen molar-refractivity contribution in [2.24, 2.45) is 0 Å². The quantitative estimate of drug-likeness (QED) is 0.334.